The van der Waals surface area contributed by atoms with Crippen LogP contribution in [0.1, 0.15) is 30.9 Å². The Morgan fingerprint density at radius 1 is 1.38 bits per heavy atom. The first-order valence-corrected chi connectivity index (χ1v) is 7.90. The Labute approximate surface area is 128 Å². The predicted octanol–water partition coefficient (Wildman–Crippen LogP) is 2.69. The van der Waals surface area contributed by atoms with Gasteiger partial charge >= 0.3 is 5.97 Å². The van der Waals surface area contributed by atoms with E-state index in [4.69, 9.17) is 5.11 Å². The number of carbonyl (C=O) groups is 2. The highest BCUT2D eigenvalue weighted by Gasteiger charge is 2.36. The van der Waals surface area contributed by atoms with Crippen LogP contribution in [0, 0.1) is 0 Å². The van der Waals surface area contributed by atoms with E-state index in [1.54, 1.807) is 17.8 Å². The number of hydrogen-bond acceptors (Lipinski definition) is 3. The van der Waals surface area contributed by atoms with Crippen LogP contribution >= 0.6 is 11.8 Å². The van der Waals surface area contributed by atoms with Gasteiger partial charge < -0.3 is 10.4 Å². The van der Waals surface area contributed by atoms with E-state index in [1.807, 2.05) is 31.2 Å². The molecule has 2 rings (SSSR count). The van der Waals surface area contributed by atoms with Crippen molar-refractivity contribution in [1.82, 2.24) is 5.32 Å². The molecule has 2 N–H and O–H groups in total. The molecule has 0 saturated carbocycles. The number of carboxylic acids is 1. The van der Waals surface area contributed by atoms with Crippen molar-refractivity contribution in [3.05, 3.63) is 41.5 Å². The van der Waals surface area contributed by atoms with Crippen LogP contribution in [-0.2, 0) is 16.1 Å². The van der Waals surface area contributed by atoms with Crippen LogP contribution in [0.5, 0.6) is 0 Å². The minimum atomic E-state index is -0.964. The van der Waals surface area contributed by atoms with Crippen LogP contribution in [0.3, 0.4) is 0 Å². The van der Waals surface area contributed by atoms with Crippen molar-refractivity contribution >= 4 is 29.7 Å². The number of thioether (sulfide) groups is 1. The number of hydrogen-bond donors (Lipinski definition) is 2. The third-order valence-corrected chi connectivity index (χ3v) is 5.07. The number of amides is 1. The van der Waals surface area contributed by atoms with E-state index in [-0.39, 0.29) is 10.7 Å². The monoisotopic (exact) mass is 305 g/mol. The second kappa shape index (κ2) is 6.80. The van der Waals surface area contributed by atoms with E-state index in [0.29, 0.717) is 6.54 Å². The van der Waals surface area contributed by atoms with Gasteiger partial charge in [0.25, 0.3) is 0 Å². The molecule has 1 aliphatic rings. The maximum atomic E-state index is 12.2. The fourth-order valence-corrected chi connectivity index (χ4v) is 3.47. The minimum Gasteiger partial charge on any atom is -0.478 e. The lowest BCUT2D eigenvalue weighted by atomic mass is 10.0. The van der Waals surface area contributed by atoms with E-state index in [2.05, 4.69) is 5.32 Å². The van der Waals surface area contributed by atoms with E-state index < -0.39 is 5.97 Å². The van der Waals surface area contributed by atoms with Crippen molar-refractivity contribution in [2.75, 3.05) is 5.75 Å². The summed E-state index contributed by atoms with van der Waals surface area (Å²) in [6, 6.07) is 7.47. The molecule has 1 aromatic carbocycles. The van der Waals surface area contributed by atoms with Gasteiger partial charge in [0.05, 0.1) is 4.75 Å². The Bertz CT molecular complexity index is 545. The lowest BCUT2D eigenvalue weighted by Crippen LogP contribution is -2.39. The van der Waals surface area contributed by atoms with Crippen LogP contribution < -0.4 is 5.32 Å². The number of aliphatic carboxylic acids is 1. The summed E-state index contributed by atoms with van der Waals surface area (Å²) in [7, 11) is 0. The highest BCUT2D eigenvalue weighted by atomic mass is 32.2. The van der Waals surface area contributed by atoms with Gasteiger partial charge in [-0.1, -0.05) is 24.3 Å². The Morgan fingerprint density at radius 2 is 2.10 bits per heavy atom. The predicted molar refractivity (Wildman–Crippen MR) is 85.1 cm³/mol. The normalized spacial score (nSPS) is 21.6. The van der Waals surface area contributed by atoms with Gasteiger partial charge in [0.1, 0.15) is 0 Å². The molecule has 1 atom stereocenters. The van der Waals surface area contributed by atoms with Gasteiger partial charge in [-0.15, -0.1) is 11.8 Å². The first-order chi connectivity index (χ1) is 9.99. The molecule has 1 unspecified atom stereocenters. The highest BCUT2D eigenvalue weighted by molar-refractivity contribution is 8.01. The van der Waals surface area contributed by atoms with Gasteiger partial charge in [-0.05, 0) is 42.7 Å². The van der Waals surface area contributed by atoms with Gasteiger partial charge in [0.15, 0.2) is 0 Å². The summed E-state index contributed by atoms with van der Waals surface area (Å²) in [6.45, 7) is 2.50. The molecular formula is C16H19NO3S. The zero-order valence-electron chi connectivity index (χ0n) is 12.0. The number of carboxylic acid groups (broad SMARTS) is 1. The zero-order chi connectivity index (χ0) is 15.3. The van der Waals surface area contributed by atoms with Gasteiger partial charge in [0, 0.05) is 12.6 Å². The van der Waals surface area contributed by atoms with E-state index >= 15 is 0 Å². The molecule has 1 saturated heterocycles. The SMILES string of the molecule is CC1(C(=O)NCc2ccc(/C=C/C(=O)O)cc2)CCCS1. The van der Waals surface area contributed by atoms with Crippen molar-refractivity contribution in [3.8, 4) is 0 Å². The molecular weight excluding hydrogens is 286 g/mol. The Kier molecular flexibility index (Phi) is 5.07. The largest absolute Gasteiger partial charge is 0.478 e. The van der Waals surface area contributed by atoms with Gasteiger partial charge in [-0.25, -0.2) is 4.79 Å². The molecule has 0 radical (unpaired) electrons. The van der Waals surface area contributed by atoms with E-state index in [1.165, 1.54) is 0 Å². The zero-order valence-corrected chi connectivity index (χ0v) is 12.8. The highest BCUT2D eigenvalue weighted by Crippen LogP contribution is 2.37. The molecule has 0 aliphatic carbocycles. The van der Waals surface area contributed by atoms with Crippen molar-refractivity contribution in [1.29, 1.82) is 0 Å². The topological polar surface area (TPSA) is 66.4 Å². The van der Waals surface area contributed by atoms with Gasteiger partial charge in [-0.2, -0.15) is 0 Å². The van der Waals surface area contributed by atoms with E-state index in [9.17, 15) is 9.59 Å². The van der Waals surface area contributed by atoms with Crippen LogP contribution in [-0.4, -0.2) is 27.5 Å². The first-order valence-electron chi connectivity index (χ1n) is 6.92. The number of benzene rings is 1. The molecule has 1 aromatic rings. The third-order valence-electron chi connectivity index (χ3n) is 3.55. The van der Waals surface area contributed by atoms with Crippen molar-refractivity contribution in [2.24, 2.45) is 0 Å². The van der Waals surface area contributed by atoms with Crippen LogP contribution in [0.15, 0.2) is 30.3 Å². The summed E-state index contributed by atoms with van der Waals surface area (Å²) < 4.78 is -0.288. The van der Waals surface area contributed by atoms with Crippen molar-refractivity contribution in [2.45, 2.75) is 31.1 Å². The maximum Gasteiger partial charge on any atom is 0.328 e. The van der Waals surface area contributed by atoms with Gasteiger partial charge in [0.2, 0.25) is 5.91 Å². The second-order valence-electron chi connectivity index (χ2n) is 5.28. The van der Waals surface area contributed by atoms with E-state index in [0.717, 1.165) is 35.8 Å². The van der Waals surface area contributed by atoms with Crippen molar-refractivity contribution < 1.29 is 14.7 Å². The summed E-state index contributed by atoms with van der Waals surface area (Å²) in [6.07, 6.45) is 4.68. The average molecular weight is 305 g/mol. The Balaban J connectivity index is 1.89. The smallest absolute Gasteiger partial charge is 0.328 e. The number of rotatable bonds is 5. The quantitative estimate of drug-likeness (QED) is 0.821. The van der Waals surface area contributed by atoms with Crippen molar-refractivity contribution in [3.63, 3.8) is 0 Å². The molecule has 1 fully saturated rings. The Hall–Kier alpha value is -1.75. The standard InChI is InChI=1S/C16H19NO3S/c1-16(9-2-10-21-16)15(20)17-11-13-5-3-12(4-6-13)7-8-14(18)19/h3-8H,2,9-11H2,1H3,(H,17,20)(H,18,19)/b8-7+. The lowest BCUT2D eigenvalue weighted by Gasteiger charge is -2.21. The van der Waals surface area contributed by atoms with Crippen LogP contribution in [0.2, 0.25) is 0 Å². The summed E-state index contributed by atoms with van der Waals surface area (Å²) >= 11 is 1.72. The molecule has 1 heterocycles. The minimum absolute atomic E-state index is 0.0971. The molecule has 112 valence electrons. The molecule has 1 aliphatic heterocycles. The molecule has 0 bridgehead atoms. The molecule has 0 spiro atoms. The number of carbonyl (C=O) groups excluding carboxylic acids is 1. The second-order valence-corrected chi connectivity index (χ2v) is 6.88. The molecule has 5 heteroatoms. The van der Waals surface area contributed by atoms with Gasteiger partial charge in [-0.3, -0.25) is 4.79 Å². The summed E-state index contributed by atoms with van der Waals surface area (Å²) in [5, 5.41) is 11.5. The fourth-order valence-electron chi connectivity index (χ4n) is 2.24. The molecule has 21 heavy (non-hydrogen) atoms. The number of nitrogens with one attached hydrogen (secondary N) is 1. The maximum absolute atomic E-state index is 12.2. The fraction of sp³-hybridized carbons (Fsp3) is 0.375. The third kappa shape index (κ3) is 4.36. The summed E-state index contributed by atoms with van der Waals surface area (Å²) in [5.74, 6) is 0.183. The summed E-state index contributed by atoms with van der Waals surface area (Å²) in [4.78, 5) is 22.6. The van der Waals surface area contributed by atoms with Crippen LogP contribution in [0.25, 0.3) is 6.08 Å². The average Bonchev–Trinajstić information content (AvgIpc) is 2.92. The molecule has 0 aromatic heterocycles. The summed E-state index contributed by atoms with van der Waals surface area (Å²) in [5.41, 5.74) is 1.83. The molecule has 4 nitrogen and oxygen atoms in total. The lowest BCUT2D eigenvalue weighted by molar-refractivity contribution is -0.131. The first kappa shape index (κ1) is 15.6. The van der Waals surface area contributed by atoms with Crippen LogP contribution in [0.4, 0.5) is 0 Å². The molecule has 1 amide bonds. The Morgan fingerprint density at radius 3 is 2.67 bits per heavy atom.